The first-order valence-electron chi connectivity index (χ1n) is 11.4. The van der Waals surface area contributed by atoms with E-state index in [0.29, 0.717) is 6.16 Å². The largest absolute Gasteiger partial charge is 0.335 e. The van der Waals surface area contributed by atoms with Gasteiger partial charge < -0.3 is 9.05 Å². The van der Waals surface area contributed by atoms with Gasteiger partial charge in [-0.3, -0.25) is 4.57 Å². The summed E-state index contributed by atoms with van der Waals surface area (Å²) < 4.78 is 26.4. The topological polar surface area (TPSA) is 35.5 Å². The van der Waals surface area contributed by atoms with Crippen LogP contribution >= 0.6 is 7.60 Å². The van der Waals surface area contributed by atoms with Crippen LogP contribution in [-0.4, -0.2) is 6.16 Å². The minimum Gasteiger partial charge on any atom is -0.303 e. The molecule has 0 unspecified atom stereocenters. The fraction of sp³-hybridized carbons (Fsp3) is 0.429. The molecule has 0 saturated carbocycles. The molecule has 0 saturated heterocycles. The van der Waals surface area contributed by atoms with Gasteiger partial charge in [0.1, 0.15) is 0 Å². The van der Waals surface area contributed by atoms with Gasteiger partial charge in [0.25, 0.3) is 0 Å². The maximum atomic E-state index is 14.1. The molecule has 0 aromatic heterocycles. The third-order valence-electron chi connectivity index (χ3n) is 6.47. The monoisotopic (exact) mass is 452 g/mol. The molecular formula is C28H37O3P. The molecule has 32 heavy (non-hydrogen) atoms. The third kappa shape index (κ3) is 6.10. The highest BCUT2D eigenvalue weighted by molar-refractivity contribution is 7.54. The van der Waals surface area contributed by atoms with E-state index in [1.807, 2.05) is 12.1 Å². The molecule has 4 heteroatoms. The summed E-state index contributed by atoms with van der Waals surface area (Å²) in [4.78, 5) is 0. The number of allylic oxidation sites excluding steroid dienone is 4. The fourth-order valence-corrected chi connectivity index (χ4v) is 6.03. The molecule has 0 spiro atoms. The average Bonchev–Trinajstić information content (AvgIpc) is 2.69. The van der Waals surface area contributed by atoms with E-state index < -0.39 is 7.60 Å². The van der Waals surface area contributed by atoms with E-state index in [2.05, 4.69) is 84.9 Å². The van der Waals surface area contributed by atoms with Crippen LogP contribution < -0.4 is 0 Å². The van der Waals surface area contributed by atoms with Crippen LogP contribution in [0.3, 0.4) is 0 Å². The van der Waals surface area contributed by atoms with Crippen molar-refractivity contribution in [2.45, 2.75) is 68.1 Å². The Balaban J connectivity index is 1.86. The van der Waals surface area contributed by atoms with Crippen LogP contribution in [0, 0.1) is 33.1 Å². The summed E-state index contributed by atoms with van der Waals surface area (Å²) in [5.41, 5.74) is 9.16. The van der Waals surface area contributed by atoms with Gasteiger partial charge in [-0.1, -0.05) is 68.0 Å². The van der Waals surface area contributed by atoms with E-state index >= 15 is 0 Å². The van der Waals surface area contributed by atoms with Gasteiger partial charge in [-0.2, -0.15) is 0 Å². The van der Waals surface area contributed by atoms with Crippen LogP contribution in [0.2, 0.25) is 0 Å². The fourth-order valence-electron chi connectivity index (χ4n) is 4.33. The number of hydrogen-bond acceptors (Lipinski definition) is 3. The molecule has 0 aliphatic heterocycles. The molecule has 3 rings (SSSR count). The lowest BCUT2D eigenvalue weighted by molar-refractivity contribution is 0.192. The van der Waals surface area contributed by atoms with Crippen LogP contribution in [0.5, 0.6) is 0 Å². The zero-order valence-electron chi connectivity index (χ0n) is 20.6. The zero-order chi connectivity index (χ0) is 23.5. The standard InChI is InChI=1S/C28H37O3P/c1-20-10-8-11-21(2)26(20)17-30-32(29,19-25-14-15-28(6,7)16-24(25)5)31-18-27-22(3)12-9-13-23(27)4/h8-15H,16-19H2,1-7H3. The van der Waals surface area contributed by atoms with Gasteiger partial charge in [0, 0.05) is 0 Å². The van der Waals surface area contributed by atoms with E-state index in [-0.39, 0.29) is 18.6 Å². The second-order valence-corrected chi connectivity index (χ2v) is 11.9. The zero-order valence-corrected chi connectivity index (χ0v) is 21.5. The van der Waals surface area contributed by atoms with Gasteiger partial charge in [-0.15, -0.1) is 0 Å². The van der Waals surface area contributed by atoms with E-state index in [1.54, 1.807) is 0 Å². The van der Waals surface area contributed by atoms with Gasteiger partial charge in [-0.05, 0) is 85.4 Å². The number of benzene rings is 2. The quantitative estimate of drug-likeness (QED) is 0.379. The van der Waals surface area contributed by atoms with Gasteiger partial charge in [0.15, 0.2) is 0 Å². The number of aryl methyl sites for hydroxylation is 4. The van der Waals surface area contributed by atoms with Gasteiger partial charge in [0.05, 0.1) is 19.4 Å². The van der Waals surface area contributed by atoms with Crippen molar-refractivity contribution in [2.24, 2.45) is 5.41 Å². The Bertz CT molecular complexity index is 992. The molecule has 0 amide bonds. The third-order valence-corrected chi connectivity index (χ3v) is 8.24. The highest BCUT2D eigenvalue weighted by atomic mass is 31.2. The first kappa shape index (κ1) is 24.7. The molecule has 0 heterocycles. The second-order valence-electron chi connectivity index (χ2n) is 9.86. The van der Waals surface area contributed by atoms with Crippen molar-refractivity contribution in [3.63, 3.8) is 0 Å². The molecule has 0 fully saturated rings. The molecule has 0 radical (unpaired) electrons. The van der Waals surface area contributed by atoms with Crippen molar-refractivity contribution in [2.75, 3.05) is 6.16 Å². The van der Waals surface area contributed by atoms with Gasteiger partial charge >= 0.3 is 7.60 Å². The molecule has 2 aromatic rings. The Kier molecular flexibility index (Phi) is 7.65. The van der Waals surface area contributed by atoms with Crippen LogP contribution in [-0.2, 0) is 26.8 Å². The van der Waals surface area contributed by atoms with E-state index in [1.165, 1.54) is 5.57 Å². The number of hydrogen-bond donors (Lipinski definition) is 0. The normalized spacial score (nSPS) is 16.0. The maximum Gasteiger partial charge on any atom is 0.335 e. The van der Waals surface area contributed by atoms with Crippen LogP contribution in [0.25, 0.3) is 0 Å². The Morgan fingerprint density at radius 1 is 0.812 bits per heavy atom. The molecular weight excluding hydrogens is 415 g/mol. The molecule has 2 aromatic carbocycles. The first-order valence-corrected chi connectivity index (χ1v) is 13.1. The highest BCUT2D eigenvalue weighted by Crippen LogP contribution is 2.53. The minimum atomic E-state index is -3.39. The van der Waals surface area contributed by atoms with Crippen molar-refractivity contribution in [3.8, 4) is 0 Å². The van der Waals surface area contributed by atoms with Crippen LogP contribution in [0.1, 0.15) is 60.6 Å². The molecule has 0 N–H and O–H groups in total. The molecule has 1 aliphatic carbocycles. The summed E-state index contributed by atoms with van der Waals surface area (Å²) in [5, 5.41) is 0. The molecule has 0 bridgehead atoms. The molecule has 3 nitrogen and oxygen atoms in total. The summed E-state index contributed by atoms with van der Waals surface area (Å²) in [7, 11) is -3.39. The predicted molar refractivity (Wildman–Crippen MR) is 134 cm³/mol. The molecule has 1 aliphatic rings. The first-order chi connectivity index (χ1) is 15.0. The molecule has 0 atom stereocenters. The minimum absolute atomic E-state index is 0.121. The Hall–Kier alpha value is -1.93. The van der Waals surface area contributed by atoms with Crippen molar-refractivity contribution in [3.05, 3.63) is 93.1 Å². The van der Waals surface area contributed by atoms with Crippen molar-refractivity contribution in [1.29, 1.82) is 0 Å². The SMILES string of the molecule is CC1=C(CP(=O)(OCc2c(C)cccc2C)OCc2c(C)cccc2C)C=CC(C)(C)C1. The maximum absolute atomic E-state index is 14.1. The molecule has 172 valence electrons. The predicted octanol–water partition coefficient (Wildman–Crippen LogP) is 8.15. The van der Waals surface area contributed by atoms with E-state index in [4.69, 9.17) is 9.05 Å². The van der Waals surface area contributed by atoms with Crippen molar-refractivity contribution < 1.29 is 13.6 Å². The van der Waals surface area contributed by atoms with Crippen molar-refractivity contribution in [1.82, 2.24) is 0 Å². The highest BCUT2D eigenvalue weighted by Gasteiger charge is 2.30. The second kappa shape index (κ2) is 9.91. The Labute approximate surface area is 194 Å². The summed E-state index contributed by atoms with van der Waals surface area (Å²) in [6, 6.07) is 12.3. The average molecular weight is 453 g/mol. The smallest absolute Gasteiger partial charge is 0.303 e. The van der Waals surface area contributed by atoms with E-state index in [0.717, 1.165) is 45.4 Å². The summed E-state index contributed by atoms with van der Waals surface area (Å²) in [6.45, 7) is 15.4. The Morgan fingerprint density at radius 2 is 1.25 bits per heavy atom. The van der Waals surface area contributed by atoms with Gasteiger partial charge in [-0.25, -0.2) is 0 Å². The summed E-state index contributed by atoms with van der Waals surface area (Å²) >= 11 is 0. The summed E-state index contributed by atoms with van der Waals surface area (Å²) in [6.07, 6.45) is 5.56. The van der Waals surface area contributed by atoms with E-state index in [9.17, 15) is 4.57 Å². The lowest BCUT2D eigenvalue weighted by Crippen LogP contribution is -2.14. The number of rotatable bonds is 8. The lowest BCUT2D eigenvalue weighted by Gasteiger charge is -2.28. The van der Waals surface area contributed by atoms with Crippen LogP contribution in [0.4, 0.5) is 0 Å². The van der Waals surface area contributed by atoms with Crippen molar-refractivity contribution >= 4 is 7.60 Å². The summed E-state index contributed by atoms with van der Waals surface area (Å²) in [5.74, 6) is 0. The van der Waals surface area contributed by atoms with Crippen LogP contribution in [0.15, 0.2) is 59.7 Å². The van der Waals surface area contributed by atoms with Gasteiger partial charge in [0.2, 0.25) is 0 Å². The lowest BCUT2D eigenvalue weighted by atomic mass is 9.80. The Morgan fingerprint density at radius 3 is 1.66 bits per heavy atom.